The predicted octanol–water partition coefficient (Wildman–Crippen LogP) is 5.11. The van der Waals surface area contributed by atoms with Crippen LogP contribution in [0.5, 0.6) is 5.75 Å². The summed E-state index contributed by atoms with van der Waals surface area (Å²) in [5.41, 5.74) is 3.65. The number of hydrogen-bond donors (Lipinski definition) is 1. The Balaban J connectivity index is 1.47. The van der Waals surface area contributed by atoms with Crippen LogP contribution in [0, 0.1) is 15.5 Å². The first-order valence-electron chi connectivity index (χ1n) is 9.87. The number of ether oxygens (including phenoxy) is 1. The van der Waals surface area contributed by atoms with Gasteiger partial charge in [-0.05, 0) is 48.4 Å². The Hall–Kier alpha value is -3.39. The number of aryl methyl sites for hydroxylation is 1. The predicted molar refractivity (Wildman–Crippen MR) is 122 cm³/mol. The molecule has 0 aliphatic rings. The lowest BCUT2D eigenvalue weighted by atomic mass is 10.2. The minimum absolute atomic E-state index is 0.0420. The quantitative estimate of drug-likeness (QED) is 0.216. The smallest absolute Gasteiger partial charge is 0.269 e. The Bertz CT molecular complexity index is 1260. The van der Waals surface area contributed by atoms with Crippen LogP contribution < -0.4 is 10.4 Å². The third-order valence-electron chi connectivity index (χ3n) is 5.07. The summed E-state index contributed by atoms with van der Waals surface area (Å²) in [5, 5.41) is 19.5. The highest BCUT2D eigenvalue weighted by atomic mass is 79.9. The summed E-state index contributed by atoms with van der Waals surface area (Å²) in [6.45, 7) is 1.72. The molecule has 7 nitrogen and oxygen atoms in total. The summed E-state index contributed by atoms with van der Waals surface area (Å²) in [5.74, 6) is 0.597. The van der Waals surface area contributed by atoms with E-state index in [1.54, 1.807) is 12.1 Å². The van der Waals surface area contributed by atoms with Gasteiger partial charge >= 0.3 is 0 Å². The van der Waals surface area contributed by atoms with Crippen molar-refractivity contribution in [2.24, 2.45) is 0 Å². The molecule has 3 aromatic carbocycles. The number of benzene rings is 3. The third kappa shape index (κ3) is 4.69. The van der Waals surface area contributed by atoms with Crippen LogP contribution in [0.1, 0.15) is 12.0 Å². The fourth-order valence-electron chi connectivity index (χ4n) is 3.53. The molecule has 0 spiro atoms. The Labute approximate surface area is 187 Å². The lowest BCUT2D eigenvalue weighted by Crippen LogP contribution is -2.25. The second-order valence-electron chi connectivity index (χ2n) is 7.13. The SMILES string of the molecule is N=c1n(CCCOc2ccc([N+](=O)[O-])cc2)c2ccccc2n1Cc1ccc(Br)cc1. The van der Waals surface area contributed by atoms with Crippen LogP contribution >= 0.6 is 15.9 Å². The van der Waals surface area contributed by atoms with Crippen LogP contribution in [0.2, 0.25) is 0 Å². The van der Waals surface area contributed by atoms with Crippen LogP contribution in [0.15, 0.2) is 77.3 Å². The Morgan fingerprint density at radius 2 is 1.58 bits per heavy atom. The maximum atomic E-state index is 10.7. The number of fused-ring (bicyclic) bond motifs is 1. The first-order valence-corrected chi connectivity index (χ1v) is 10.7. The van der Waals surface area contributed by atoms with Gasteiger partial charge in [-0.3, -0.25) is 15.5 Å². The minimum atomic E-state index is -0.430. The minimum Gasteiger partial charge on any atom is -0.494 e. The number of aromatic nitrogens is 2. The van der Waals surface area contributed by atoms with Gasteiger partial charge in [-0.1, -0.05) is 40.2 Å². The number of non-ortho nitro benzene ring substituents is 1. The maximum Gasteiger partial charge on any atom is 0.269 e. The second kappa shape index (κ2) is 9.18. The molecule has 0 radical (unpaired) electrons. The molecule has 4 aromatic rings. The molecule has 0 aliphatic carbocycles. The van der Waals surface area contributed by atoms with Crippen molar-refractivity contribution in [1.82, 2.24) is 9.13 Å². The van der Waals surface area contributed by atoms with Crippen LogP contribution in [-0.4, -0.2) is 20.7 Å². The number of rotatable bonds is 8. The van der Waals surface area contributed by atoms with Gasteiger partial charge in [-0.15, -0.1) is 0 Å². The van der Waals surface area contributed by atoms with Crippen LogP contribution in [-0.2, 0) is 13.1 Å². The standard InChI is InChI=1S/C23H21BrN4O3/c24-18-8-6-17(7-9-18)16-27-22-5-2-1-4-21(22)26(23(27)25)14-3-15-31-20-12-10-19(11-13-20)28(29)30/h1-2,4-13,25H,3,14-16H2. The van der Waals surface area contributed by atoms with Gasteiger partial charge in [0.05, 0.1) is 29.1 Å². The van der Waals surface area contributed by atoms with E-state index in [9.17, 15) is 10.1 Å². The van der Waals surface area contributed by atoms with Crippen molar-refractivity contribution in [1.29, 1.82) is 5.41 Å². The number of nitrogens with one attached hydrogen (secondary N) is 1. The summed E-state index contributed by atoms with van der Waals surface area (Å²) in [7, 11) is 0. The molecular formula is C23H21BrN4O3. The zero-order valence-electron chi connectivity index (χ0n) is 16.7. The molecule has 0 fully saturated rings. The summed E-state index contributed by atoms with van der Waals surface area (Å²) in [6, 6.07) is 22.2. The van der Waals surface area contributed by atoms with E-state index in [0.29, 0.717) is 37.5 Å². The van der Waals surface area contributed by atoms with Gasteiger partial charge in [0.25, 0.3) is 5.69 Å². The highest BCUT2D eigenvalue weighted by molar-refractivity contribution is 9.10. The van der Waals surface area contributed by atoms with Gasteiger partial charge in [0, 0.05) is 23.2 Å². The third-order valence-corrected chi connectivity index (χ3v) is 5.60. The van der Waals surface area contributed by atoms with Crippen molar-refractivity contribution in [3.63, 3.8) is 0 Å². The van der Waals surface area contributed by atoms with E-state index in [1.807, 2.05) is 45.5 Å². The molecule has 1 heterocycles. The average molecular weight is 481 g/mol. The van der Waals surface area contributed by atoms with Crippen molar-refractivity contribution < 1.29 is 9.66 Å². The summed E-state index contributed by atoms with van der Waals surface area (Å²) < 4.78 is 10.8. The van der Waals surface area contributed by atoms with E-state index in [2.05, 4.69) is 28.1 Å². The Morgan fingerprint density at radius 3 is 2.23 bits per heavy atom. The highest BCUT2D eigenvalue weighted by Gasteiger charge is 2.11. The number of nitrogens with zero attached hydrogens (tertiary/aromatic N) is 3. The van der Waals surface area contributed by atoms with E-state index < -0.39 is 4.92 Å². The lowest BCUT2D eigenvalue weighted by Gasteiger charge is -2.08. The molecule has 1 N–H and O–H groups in total. The van der Waals surface area contributed by atoms with E-state index in [-0.39, 0.29) is 5.69 Å². The van der Waals surface area contributed by atoms with Crippen LogP contribution in [0.25, 0.3) is 11.0 Å². The zero-order chi connectivity index (χ0) is 21.8. The normalized spacial score (nSPS) is 11.0. The van der Waals surface area contributed by atoms with Gasteiger partial charge in [-0.25, -0.2) is 0 Å². The lowest BCUT2D eigenvalue weighted by molar-refractivity contribution is -0.384. The molecule has 0 amide bonds. The van der Waals surface area contributed by atoms with Gasteiger partial charge in [-0.2, -0.15) is 0 Å². The molecule has 1 aromatic heterocycles. The topological polar surface area (TPSA) is 86.1 Å². The van der Waals surface area contributed by atoms with Gasteiger partial charge in [0.1, 0.15) is 5.75 Å². The monoisotopic (exact) mass is 480 g/mol. The van der Waals surface area contributed by atoms with E-state index >= 15 is 0 Å². The molecule has 0 saturated carbocycles. The van der Waals surface area contributed by atoms with Gasteiger partial charge < -0.3 is 13.9 Å². The van der Waals surface area contributed by atoms with E-state index in [0.717, 1.165) is 21.1 Å². The summed E-state index contributed by atoms with van der Waals surface area (Å²) in [6.07, 6.45) is 0.708. The number of hydrogen-bond acceptors (Lipinski definition) is 4. The molecule has 158 valence electrons. The van der Waals surface area contributed by atoms with Crippen molar-refractivity contribution in [3.05, 3.63) is 98.6 Å². The molecule has 0 aliphatic heterocycles. The number of imidazole rings is 1. The summed E-state index contributed by atoms with van der Waals surface area (Å²) in [4.78, 5) is 10.3. The molecule has 0 atom stereocenters. The molecule has 31 heavy (non-hydrogen) atoms. The number of nitro benzene ring substituents is 1. The van der Waals surface area contributed by atoms with Gasteiger partial charge in [0.15, 0.2) is 0 Å². The molecule has 8 heteroatoms. The molecule has 0 bridgehead atoms. The first kappa shape index (κ1) is 20.9. The van der Waals surface area contributed by atoms with Gasteiger partial charge in [0.2, 0.25) is 5.62 Å². The fourth-order valence-corrected chi connectivity index (χ4v) is 3.79. The zero-order valence-corrected chi connectivity index (χ0v) is 18.3. The van der Waals surface area contributed by atoms with E-state index in [1.165, 1.54) is 12.1 Å². The number of halogens is 1. The molecule has 0 saturated heterocycles. The van der Waals surface area contributed by atoms with Crippen molar-refractivity contribution in [3.8, 4) is 5.75 Å². The molecule has 0 unspecified atom stereocenters. The highest BCUT2D eigenvalue weighted by Crippen LogP contribution is 2.19. The second-order valence-corrected chi connectivity index (χ2v) is 8.05. The maximum absolute atomic E-state index is 10.7. The number of nitro groups is 1. The van der Waals surface area contributed by atoms with Crippen LogP contribution in [0.4, 0.5) is 5.69 Å². The summed E-state index contributed by atoms with van der Waals surface area (Å²) >= 11 is 3.46. The molecule has 4 rings (SSSR count). The first-order chi connectivity index (χ1) is 15.0. The largest absolute Gasteiger partial charge is 0.494 e. The Morgan fingerprint density at radius 1 is 0.935 bits per heavy atom. The fraction of sp³-hybridized carbons (Fsp3) is 0.174. The van der Waals surface area contributed by atoms with Crippen molar-refractivity contribution in [2.75, 3.05) is 6.61 Å². The number of para-hydroxylation sites is 2. The Kier molecular flexibility index (Phi) is 6.18. The van der Waals surface area contributed by atoms with Crippen LogP contribution in [0.3, 0.4) is 0 Å². The molecular weight excluding hydrogens is 460 g/mol. The van der Waals surface area contributed by atoms with Crippen molar-refractivity contribution in [2.45, 2.75) is 19.5 Å². The van der Waals surface area contributed by atoms with Crippen molar-refractivity contribution >= 4 is 32.7 Å². The average Bonchev–Trinajstić information content (AvgIpc) is 3.04. The van der Waals surface area contributed by atoms with E-state index in [4.69, 9.17) is 10.1 Å².